The van der Waals surface area contributed by atoms with E-state index >= 15 is 0 Å². The Balaban J connectivity index is 0. The summed E-state index contributed by atoms with van der Waals surface area (Å²) >= 11 is 0. The van der Waals surface area contributed by atoms with Gasteiger partial charge in [0.05, 0.1) is 0 Å². The van der Waals surface area contributed by atoms with Crippen molar-refractivity contribution in [1.82, 2.24) is 5.32 Å². The van der Waals surface area contributed by atoms with Gasteiger partial charge in [0.1, 0.15) is 0 Å². The number of nitrogens with one attached hydrogen (secondary N) is 1. The zero-order valence-corrected chi connectivity index (χ0v) is 9.91. The summed E-state index contributed by atoms with van der Waals surface area (Å²) in [5.41, 5.74) is 0. The second kappa shape index (κ2) is 16.2. The van der Waals surface area contributed by atoms with Gasteiger partial charge in [-0.1, -0.05) is 13.8 Å². The summed E-state index contributed by atoms with van der Waals surface area (Å²) in [6, 6.07) is 0. The molecule has 0 amide bonds. The average Bonchev–Trinajstić information content (AvgIpc) is 1.75. The van der Waals surface area contributed by atoms with Crippen LogP contribution < -0.4 is 5.32 Å². The maximum absolute atomic E-state index is 3.11. The Morgan fingerprint density at radius 2 is 1.43 bits per heavy atom. The Bertz CT molecular complexity index is 17.2. The smallest absolute Gasteiger partial charge is 0.00775 e. The molecule has 1 nitrogen and oxygen atoms in total. The first-order valence-electron chi connectivity index (χ1n) is 3.12. The van der Waals surface area contributed by atoms with Crippen LogP contribution in [-0.2, 0) is 0 Å². The fourth-order valence-electron chi connectivity index (χ4n) is 0.250. The fraction of sp³-hybridized carbons (Fsp3) is 1.00. The molecule has 0 heterocycles. The molecular formula is C4H17NSi2. The van der Waals surface area contributed by atoms with Crippen LogP contribution in [0.5, 0.6) is 0 Å². The van der Waals surface area contributed by atoms with Crippen molar-refractivity contribution in [2.75, 3.05) is 13.1 Å². The zero-order valence-electron chi connectivity index (χ0n) is 5.91. The van der Waals surface area contributed by atoms with Gasteiger partial charge in [-0.15, -0.1) is 0 Å². The van der Waals surface area contributed by atoms with Crippen LogP contribution in [0.1, 0.15) is 13.8 Å². The predicted molar refractivity (Wildman–Crippen MR) is 44.1 cm³/mol. The van der Waals surface area contributed by atoms with E-state index in [1.165, 1.54) is 19.5 Å². The molecule has 0 saturated heterocycles. The summed E-state index contributed by atoms with van der Waals surface area (Å²) in [5, 5.41) is 3.11. The Morgan fingerprint density at radius 3 is 1.43 bits per heavy atom. The molecule has 46 valence electrons. The van der Waals surface area contributed by atoms with Crippen molar-refractivity contribution in [2.45, 2.75) is 13.8 Å². The van der Waals surface area contributed by atoms with E-state index in [0.29, 0.717) is 0 Å². The van der Waals surface area contributed by atoms with Crippen molar-refractivity contribution in [3.8, 4) is 0 Å². The summed E-state index contributed by atoms with van der Waals surface area (Å²) in [6.45, 7) is 6.39. The molecule has 0 aliphatic carbocycles. The summed E-state index contributed by atoms with van der Waals surface area (Å²) in [4.78, 5) is 0. The lowest BCUT2D eigenvalue weighted by Crippen LogP contribution is -2.09. The lowest BCUT2D eigenvalue weighted by Gasteiger charge is -1.86. The highest BCUT2D eigenvalue weighted by atomic mass is 29.1. The first-order chi connectivity index (χ1) is 3.41. The maximum Gasteiger partial charge on any atom is -0.00775 e. The van der Waals surface area contributed by atoms with E-state index in [1.54, 1.807) is 0 Å². The normalized spacial score (nSPS) is 7.71. The SMILES string of the molecule is CCNCC.[SiH3][SiH3]. The van der Waals surface area contributed by atoms with E-state index in [0.717, 1.165) is 13.1 Å². The Kier molecular flexibility index (Phi) is 24.0. The molecule has 0 aromatic heterocycles. The second-order valence-electron chi connectivity index (χ2n) is 0.957. The van der Waals surface area contributed by atoms with Crippen molar-refractivity contribution in [3.05, 3.63) is 0 Å². The van der Waals surface area contributed by atoms with Gasteiger partial charge in [0, 0.05) is 0 Å². The lowest BCUT2D eigenvalue weighted by molar-refractivity contribution is 0.762. The summed E-state index contributed by atoms with van der Waals surface area (Å²) in [7, 11) is 2.89. The topological polar surface area (TPSA) is 12.0 Å². The molecule has 0 bridgehead atoms. The van der Waals surface area contributed by atoms with Crippen LogP contribution in [0.4, 0.5) is 0 Å². The van der Waals surface area contributed by atoms with Crippen molar-refractivity contribution < 1.29 is 0 Å². The molecule has 0 aromatic rings. The molecule has 0 saturated carbocycles. The molecule has 1 N–H and O–H groups in total. The highest BCUT2D eigenvalue weighted by Gasteiger charge is 1.62. The molecular weight excluding hydrogens is 118 g/mol. The minimum absolute atomic E-state index is 1.09. The molecule has 0 aliphatic heterocycles. The van der Waals surface area contributed by atoms with Gasteiger partial charge in [-0.3, -0.25) is 0 Å². The minimum Gasteiger partial charge on any atom is -0.317 e. The average molecular weight is 135 g/mol. The quantitative estimate of drug-likeness (QED) is 0.443. The number of hydrogen-bond donors (Lipinski definition) is 1. The maximum atomic E-state index is 3.11. The molecule has 0 fully saturated rings. The van der Waals surface area contributed by atoms with Crippen LogP contribution in [0.25, 0.3) is 0 Å². The van der Waals surface area contributed by atoms with E-state index < -0.39 is 0 Å². The van der Waals surface area contributed by atoms with Gasteiger partial charge in [0.2, 0.25) is 0 Å². The fourth-order valence-corrected chi connectivity index (χ4v) is 0.250. The van der Waals surface area contributed by atoms with Crippen LogP contribution in [0.2, 0.25) is 0 Å². The van der Waals surface area contributed by atoms with Crippen LogP contribution in [-0.4, -0.2) is 32.6 Å². The molecule has 3 heteroatoms. The molecule has 0 atom stereocenters. The summed E-state index contributed by atoms with van der Waals surface area (Å²) in [6.07, 6.45) is 0. The van der Waals surface area contributed by atoms with Crippen LogP contribution in [0.15, 0.2) is 0 Å². The Labute approximate surface area is 52.5 Å². The lowest BCUT2D eigenvalue weighted by atomic mass is 10.7. The van der Waals surface area contributed by atoms with Crippen LogP contribution in [0.3, 0.4) is 0 Å². The zero-order chi connectivity index (χ0) is 6.12. The third kappa shape index (κ3) is 21.5. The van der Waals surface area contributed by atoms with E-state index in [9.17, 15) is 0 Å². The highest BCUT2D eigenvalue weighted by Crippen LogP contribution is 1.47. The third-order valence-corrected chi connectivity index (χ3v) is 0.500. The number of rotatable bonds is 2. The molecule has 0 rings (SSSR count). The number of hydrogen-bond acceptors (Lipinski definition) is 1. The second-order valence-corrected chi connectivity index (χ2v) is 0.957. The summed E-state index contributed by atoms with van der Waals surface area (Å²) < 4.78 is 0. The monoisotopic (exact) mass is 135 g/mol. The molecule has 0 unspecified atom stereocenters. The highest BCUT2D eigenvalue weighted by molar-refractivity contribution is 6.75. The van der Waals surface area contributed by atoms with E-state index in [1.807, 2.05) is 0 Å². The van der Waals surface area contributed by atoms with Crippen molar-refractivity contribution >= 4 is 19.5 Å². The van der Waals surface area contributed by atoms with Gasteiger partial charge in [-0.05, 0) is 32.6 Å². The molecule has 0 aromatic carbocycles. The van der Waals surface area contributed by atoms with Gasteiger partial charge >= 0.3 is 0 Å². The van der Waals surface area contributed by atoms with Gasteiger partial charge in [-0.2, -0.15) is 0 Å². The molecule has 0 spiro atoms. The summed E-state index contributed by atoms with van der Waals surface area (Å²) in [5.74, 6) is 0. The standard InChI is InChI=1S/C4H11N.H6Si2/c1-3-5-4-2;1-2/h5H,3-4H2,1-2H3;1-2H3. The Hall–Kier alpha value is 0.394. The first-order valence-corrected chi connectivity index (χ1v) is 11.1. The van der Waals surface area contributed by atoms with Gasteiger partial charge in [0.25, 0.3) is 0 Å². The van der Waals surface area contributed by atoms with Crippen molar-refractivity contribution in [2.24, 2.45) is 0 Å². The minimum atomic E-state index is 1.09. The van der Waals surface area contributed by atoms with Crippen molar-refractivity contribution in [1.29, 1.82) is 0 Å². The van der Waals surface area contributed by atoms with Gasteiger partial charge in [-0.25, -0.2) is 0 Å². The first kappa shape index (κ1) is 10.4. The van der Waals surface area contributed by atoms with E-state index in [-0.39, 0.29) is 0 Å². The third-order valence-electron chi connectivity index (χ3n) is 0.500. The molecule has 0 radical (unpaired) electrons. The van der Waals surface area contributed by atoms with Gasteiger partial charge < -0.3 is 5.32 Å². The van der Waals surface area contributed by atoms with Crippen molar-refractivity contribution in [3.63, 3.8) is 0 Å². The van der Waals surface area contributed by atoms with E-state index in [2.05, 4.69) is 19.2 Å². The van der Waals surface area contributed by atoms with Crippen LogP contribution in [0, 0.1) is 0 Å². The molecule has 7 heavy (non-hydrogen) atoms. The van der Waals surface area contributed by atoms with Crippen LogP contribution >= 0.6 is 0 Å². The Morgan fingerprint density at radius 1 is 1.14 bits per heavy atom. The molecule has 0 aliphatic rings. The van der Waals surface area contributed by atoms with E-state index in [4.69, 9.17) is 0 Å². The predicted octanol–water partition coefficient (Wildman–Crippen LogP) is -1.75. The van der Waals surface area contributed by atoms with Gasteiger partial charge in [0.15, 0.2) is 0 Å². The largest absolute Gasteiger partial charge is 0.317 e.